The van der Waals surface area contributed by atoms with E-state index in [1.54, 1.807) is 0 Å². The maximum atomic E-state index is 13.4. The first kappa shape index (κ1) is 29.1. The molecule has 0 spiro atoms. The second-order valence-corrected chi connectivity index (χ2v) is 9.18. The lowest BCUT2D eigenvalue weighted by atomic mass is 9.96. The minimum absolute atomic E-state index is 0.0895. The molecule has 1 heterocycles. The number of carbonyl (C=O) groups is 4. The molecule has 194 valence electrons. The first-order valence-corrected chi connectivity index (χ1v) is 11.9. The number of hydrogen-bond acceptors (Lipinski definition) is 6. The maximum Gasteiger partial charge on any atom is 0.326 e. The van der Waals surface area contributed by atoms with Gasteiger partial charge < -0.3 is 37.8 Å². The zero-order valence-electron chi connectivity index (χ0n) is 20.6. The normalized spacial score (nSPS) is 19.1. The summed E-state index contributed by atoms with van der Waals surface area (Å²) in [6.45, 7) is 7.99. The molecule has 0 radical (unpaired) electrons. The van der Waals surface area contributed by atoms with Crippen LogP contribution in [0.4, 0.5) is 0 Å². The second-order valence-electron chi connectivity index (χ2n) is 9.18. The summed E-state index contributed by atoms with van der Waals surface area (Å²) in [4.78, 5) is 55.8. The highest BCUT2D eigenvalue weighted by molar-refractivity contribution is 5.94. The van der Waals surface area contributed by atoms with Crippen LogP contribution < -0.4 is 27.8 Å². The lowest BCUT2D eigenvalue weighted by molar-refractivity contribution is -0.145. The van der Waals surface area contributed by atoms with Gasteiger partial charge in [0.25, 0.3) is 0 Å². The lowest BCUT2D eigenvalue weighted by Gasteiger charge is -2.32. The fourth-order valence-corrected chi connectivity index (χ4v) is 3.75. The largest absolute Gasteiger partial charge is 0.480 e. The van der Waals surface area contributed by atoms with Crippen LogP contribution in [0.1, 0.15) is 59.8 Å². The molecule has 1 aliphatic heterocycles. The van der Waals surface area contributed by atoms with E-state index in [4.69, 9.17) is 17.2 Å². The molecule has 0 bridgehead atoms. The molecule has 1 aliphatic rings. The van der Waals surface area contributed by atoms with Gasteiger partial charge in [0, 0.05) is 13.1 Å². The molecule has 1 fully saturated rings. The summed E-state index contributed by atoms with van der Waals surface area (Å²) in [6.07, 6.45) is 2.14. The minimum Gasteiger partial charge on any atom is -0.480 e. The van der Waals surface area contributed by atoms with Crippen LogP contribution in [0.2, 0.25) is 0 Å². The van der Waals surface area contributed by atoms with Gasteiger partial charge in [-0.1, -0.05) is 34.1 Å². The van der Waals surface area contributed by atoms with Crippen molar-refractivity contribution in [3.8, 4) is 0 Å². The molecule has 0 aromatic rings. The van der Waals surface area contributed by atoms with Crippen LogP contribution in [0.5, 0.6) is 0 Å². The number of nitrogens with zero attached hydrogens (tertiary/aromatic N) is 2. The van der Waals surface area contributed by atoms with Gasteiger partial charge in [0.05, 0.1) is 6.04 Å². The summed E-state index contributed by atoms with van der Waals surface area (Å²) >= 11 is 0. The van der Waals surface area contributed by atoms with Crippen LogP contribution in [0.25, 0.3) is 0 Å². The molecule has 12 heteroatoms. The van der Waals surface area contributed by atoms with Crippen LogP contribution in [0, 0.1) is 11.8 Å². The van der Waals surface area contributed by atoms with E-state index < -0.39 is 42.0 Å². The molecule has 0 saturated carbocycles. The maximum absolute atomic E-state index is 13.4. The van der Waals surface area contributed by atoms with E-state index in [-0.39, 0.29) is 36.7 Å². The third kappa shape index (κ3) is 8.47. The predicted molar refractivity (Wildman–Crippen MR) is 128 cm³/mol. The Morgan fingerprint density at radius 1 is 1.15 bits per heavy atom. The number of rotatable bonds is 13. The van der Waals surface area contributed by atoms with Crippen molar-refractivity contribution in [1.29, 1.82) is 0 Å². The number of carboxylic acid groups (broad SMARTS) is 1. The monoisotopic (exact) mass is 483 g/mol. The number of hydrogen-bond donors (Lipinski definition) is 6. The van der Waals surface area contributed by atoms with Gasteiger partial charge in [0.15, 0.2) is 5.96 Å². The standard InChI is InChI=1S/C22H41N7O5/c1-5-13(4)17(28-19(31)16(23)12(2)3)20(32)29-11-7-9-15(29)18(30)27-14(21(33)34)8-6-10-26-22(24)25/h12-17H,5-11,23H2,1-4H3,(H,27,30)(H,28,31)(H,33,34)(H4,24,25,26). The van der Waals surface area contributed by atoms with E-state index >= 15 is 0 Å². The number of nitrogens with two attached hydrogens (primary N) is 3. The molecular weight excluding hydrogens is 442 g/mol. The first-order chi connectivity index (χ1) is 15.9. The van der Waals surface area contributed by atoms with Crippen molar-refractivity contribution in [2.45, 2.75) is 84.0 Å². The summed E-state index contributed by atoms with van der Waals surface area (Å²) in [6, 6.07) is -3.53. The average Bonchev–Trinajstić information content (AvgIpc) is 3.27. The van der Waals surface area contributed by atoms with Crippen LogP contribution in [-0.4, -0.2) is 76.9 Å². The number of aliphatic carboxylic acids is 1. The zero-order chi connectivity index (χ0) is 26.0. The number of guanidine groups is 1. The Balaban J connectivity index is 2.92. The highest BCUT2D eigenvalue weighted by Crippen LogP contribution is 2.22. The van der Waals surface area contributed by atoms with Crippen molar-refractivity contribution in [2.24, 2.45) is 34.0 Å². The molecule has 1 saturated heterocycles. The fraction of sp³-hybridized carbons (Fsp3) is 0.773. The number of aliphatic imine (C=N–C) groups is 1. The van der Waals surface area contributed by atoms with Gasteiger partial charge in [-0.2, -0.15) is 0 Å². The average molecular weight is 484 g/mol. The molecule has 3 amide bonds. The molecule has 0 aromatic heterocycles. The number of carbonyl (C=O) groups excluding carboxylic acids is 3. The van der Waals surface area contributed by atoms with Gasteiger partial charge in [0.2, 0.25) is 17.7 Å². The number of likely N-dealkylation sites (tertiary alicyclic amines) is 1. The SMILES string of the molecule is CCC(C)C(NC(=O)C(N)C(C)C)C(=O)N1CCCC1C(=O)NC(CCCN=C(N)N)C(=O)O. The van der Waals surface area contributed by atoms with Crippen molar-refractivity contribution in [3.05, 3.63) is 0 Å². The summed E-state index contributed by atoms with van der Waals surface area (Å²) < 4.78 is 0. The molecule has 0 aromatic carbocycles. The molecule has 12 nitrogen and oxygen atoms in total. The van der Waals surface area contributed by atoms with Gasteiger partial charge in [-0.15, -0.1) is 0 Å². The molecule has 9 N–H and O–H groups in total. The Labute approximate surface area is 201 Å². The van der Waals surface area contributed by atoms with Crippen LogP contribution >= 0.6 is 0 Å². The van der Waals surface area contributed by atoms with Crippen molar-refractivity contribution < 1.29 is 24.3 Å². The number of amides is 3. The van der Waals surface area contributed by atoms with Crippen molar-refractivity contribution >= 4 is 29.7 Å². The van der Waals surface area contributed by atoms with E-state index in [1.165, 1.54) is 4.90 Å². The van der Waals surface area contributed by atoms with E-state index in [1.807, 2.05) is 27.7 Å². The highest BCUT2D eigenvalue weighted by atomic mass is 16.4. The van der Waals surface area contributed by atoms with Gasteiger partial charge in [-0.25, -0.2) is 4.79 Å². The number of carboxylic acids is 1. The summed E-state index contributed by atoms with van der Waals surface area (Å²) in [5.74, 6) is -2.86. The van der Waals surface area contributed by atoms with E-state index in [0.717, 1.165) is 0 Å². The smallest absolute Gasteiger partial charge is 0.326 e. The molecule has 0 aliphatic carbocycles. The van der Waals surface area contributed by atoms with Crippen LogP contribution in [0.15, 0.2) is 4.99 Å². The van der Waals surface area contributed by atoms with E-state index in [0.29, 0.717) is 32.2 Å². The quantitative estimate of drug-likeness (QED) is 0.110. The topological polar surface area (TPSA) is 206 Å². The van der Waals surface area contributed by atoms with Crippen LogP contribution in [-0.2, 0) is 19.2 Å². The summed E-state index contributed by atoms with van der Waals surface area (Å²) in [5, 5.41) is 14.8. The van der Waals surface area contributed by atoms with Gasteiger partial charge in [0.1, 0.15) is 18.1 Å². The van der Waals surface area contributed by atoms with E-state index in [2.05, 4.69) is 15.6 Å². The molecular formula is C22H41N7O5. The van der Waals surface area contributed by atoms with Gasteiger partial charge in [-0.05, 0) is 37.5 Å². The molecule has 5 unspecified atom stereocenters. The summed E-state index contributed by atoms with van der Waals surface area (Å²) in [5.41, 5.74) is 16.5. The van der Waals surface area contributed by atoms with Crippen molar-refractivity contribution in [1.82, 2.24) is 15.5 Å². The summed E-state index contributed by atoms with van der Waals surface area (Å²) in [7, 11) is 0. The zero-order valence-corrected chi connectivity index (χ0v) is 20.6. The number of nitrogens with one attached hydrogen (secondary N) is 2. The van der Waals surface area contributed by atoms with Gasteiger partial charge >= 0.3 is 5.97 Å². The third-order valence-corrected chi connectivity index (χ3v) is 6.20. The lowest BCUT2D eigenvalue weighted by Crippen LogP contribution is -2.58. The second kappa shape index (κ2) is 13.7. The Morgan fingerprint density at radius 2 is 1.79 bits per heavy atom. The molecule has 1 rings (SSSR count). The minimum atomic E-state index is -1.18. The Hall–Kier alpha value is -2.89. The third-order valence-electron chi connectivity index (χ3n) is 6.20. The highest BCUT2D eigenvalue weighted by Gasteiger charge is 2.40. The fourth-order valence-electron chi connectivity index (χ4n) is 3.75. The van der Waals surface area contributed by atoms with Crippen LogP contribution in [0.3, 0.4) is 0 Å². The van der Waals surface area contributed by atoms with Crippen molar-refractivity contribution in [2.75, 3.05) is 13.1 Å². The van der Waals surface area contributed by atoms with Gasteiger partial charge in [-0.3, -0.25) is 19.4 Å². The Bertz CT molecular complexity index is 754. The molecule has 34 heavy (non-hydrogen) atoms. The van der Waals surface area contributed by atoms with Crippen molar-refractivity contribution in [3.63, 3.8) is 0 Å². The molecule has 5 atom stereocenters. The van der Waals surface area contributed by atoms with E-state index in [9.17, 15) is 24.3 Å². The Kier molecular flexibility index (Phi) is 11.8. The Morgan fingerprint density at radius 3 is 2.32 bits per heavy atom. The first-order valence-electron chi connectivity index (χ1n) is 11.9. The predicted octanol–water partition coefficient (Wildman–Crippen LogP) is -0.885.